The fourth-order valence-electron chi connectivity index (χ4n) is 5.69. The Bertz CT molecular complexity index is 1460. The molecule has 0 bridgehead atoms. The van der Waals surface area contributed by atoms with Gasteiger partial charge in [0.15, 0.2) is 0 Å². The number of aliphatic hydroxyl groups is 1. The van der Waals surface area contributed by atoms with Crippen molar-refractivity contribution in [3.05, 3.63) is 118 Å². The number of likely N-dealkylation sites (tertiary alicyclic amines) is 1. The smallest absolute Gasteiger partial charge is 0.107 e. The molecular formula is C33H33BrN2O2. The lowest BCUT2D eigenvalue weighted by molar-refractivity contribution is -0.0431. The summed E-state index contributed by atoms with van der Waals surface area (Å²) in [7, 11) is 3.81. The van der Waals surface area contributed by atoms with Gasteiger partial charge in [-0.15, -0.1) is 0 Å². The summed E-state index contributed by atoms with van der Waals surface area (Å²) >= 11 is 3.59. The number of benzene rings is 4. The predicted octanol–water partition coefficient (Wildman–Crippen LogP) is 7.69. The first-order valence-electron chi connectivity index (χ1n) is 12.9. The second-order valence-corrected chi connectivity index (χ2v) is 10.9. The predicted molar refractivity (Wildman–Crippen MR) is 161 cm³/mol. The summed E-state index contributed by atoms with van der Waals surface area (Å²) in [6, 6.07) is 30.8. The molecule has 4 aromatic rings. The van der Waals surface area contributed by atoms with Crippen LogP contribution in [0.3, 0.4) is 0 Å². The fraction of sp³-hybridized carbons (Fsp3) is 0.242. The van der Waals surface area contributed by atoms with E-state index in [9.17, 15) is 5.11 Å². The molecule has 0 aliphatic carbocycles. The summed E-state index contributed by atoms with van der Waals surface area (Å²) < 4.78 is 7.09. The van der Waals surface area contributed by atoms with Gasteiger partial charge in [-0.2, -0.15) is 0 Å². The van der Waals surface area contributed by atoms with Gasteiger partial charge in [0.1, 0.15) is 11.4 Å². The Morgan fingerprint density at radius 3 is 2.53 bits per heavy atom. The van der Waals surface area contributed by atoms with Crippen LogP contribution in [-0.2, 0) is 10.3 Å². The van der Waals surface area contributed by atoms with Crippen LogP contribution < -0.4 is 0 Å². The molecule has 1 N–H and O–H groups in total. The van der Waals surface area contributed by atoms with Crippen molar-refractivity contribution in [2.75, 3.05) is 20.7 Å². The van der Waals surface area contributed by atoms with Crippen LogP contribution in [0.15, 0.2) is 106 Å². The summed E-state index contributed by atoms with van der Waals surface area (Å²) in [6.07, 6.45) is 3.61. The molecule has 194 valence electrons. The second-order valence-electron chi connectivity index (χ2n) is 10.0. The standard InChI is InChI=1S/C33H33BrN2O2/c1-35-30-17-16-26(34)20-25(30)21-31(38-3)32(24-11-5-4-6-12-24)33(37,22-27-18-19-36(27)2)29-15-9-13-23-10-7-8-14-28(23)29/h4-17,20-21,27,32,37H,1,18-19,22H2,2-3H3/b31-21-. The van der Waals surface area contributed by atoms with Crippen molar-refractivity contribution in [3.63, 3.8) is 0 Å². The largest absolute Gasteiger partial charge is 0.500 e. The molecule has 3 atom stereocenters. The third-order valence-corrected chi connectivity index (χ3v) is 8.32. The van der Waals surface area contributed by atoms with Gasteiger partial charge in [0, 0.05) is 16.1 Å². The van der Waals surface area contributed by atoms with Gasteiger partial charge in [-0.1, -0.05) is 88.7 Å². The second kappa shape index (κ2) is 11.2. The lowest BCUT2D eigenvalue weighted by Crippen LogP contribution is -2.50. The number of rotatable bonds is 9. The lowest BCUT2D eigenvalue weighted by Gasteiger charge is -2.46. The lowest BCUT2D eigenvalue weighted by atomic mass is 9.70. The average molecular weight is 570 g/mol. The van der Waals surface area contributed by atoms with Gasteiger partial charge in [0.05, 0.1) is 18.7 Å². The van der Waals surface area contributed by atoms with Gasteiger partial charge in [0.2, 0.25) is 0 Å². The Balaban J connectivity index is 1.78. The molecule has 3 unspecified atom stereocenters. The monoisotopic (exact) mass is 568 g/mol. The molecular weight excluding hydrogens is 536 g/mol. The van der Waals surface area contributed by atoms with E-state index in [-0.39, 0.29) is 6.04 Å². The maximum atomic E-state index is 13.1. The first-order chi connectivity index (χ1) is 18.4. The zero-order valence-electron chi connectivity index (χ0n) is 21.8. The summed E-state index contributed by atoms with van der Waals surface area (Å²) in [5, 5.41) is 15.3. The number of methoxy groups -OCH3 is 1. The molecule has 5 rings (SSSR count). The van der Waals surface area contributed by atoms with E-state index in [1.165, 1.54) is 0 Å². The summed E-state index contributed by atoms with van der Waals surface area (Å²) in [6.45, 7) is 4.80. The third-order valence-electron chi connectivity index (χ3n) is 7.83. The Kier molecular flexibility index (Phi) is 7.80. The van der Waals surface area contributed by atoms with Crippen molar-refractivity contribution < 1.29 is 9.84 Å². The van der Waals surface area contributed by atoms with Crippen LogP contribution >= 0.6 is 15.9 Å². The first kappa shape index (κ1) is 26.4. The zero-order valence-corrected chi connectivity index (χ0v) is 23.4. The summed E-state index contributed by atoms with van der Waals surface area (Å²) in [4.78, 5) is 6.55. The molecule has 0 saturated carbocycles. The molecule has 1 heterocycles. The first-order valence-corrected chi connectivity index (χ1v) is 13.7. The van der Waals surface area contributed by atoms with Crippen LogP contribution in [0.25, 0.3) is 16.8 Å². The fourth-order valence-corrected chi connectivity index (χ4v) is 6.07. The molecule has 0 radical (unpaired) electrons. The van der Waals surface area contributed by atoms with Gasteiger partial charge in [0.25, 0.3) is 0 Å². The van der Waals surface area contributed by atoms with Crippen LogP contribution in [0.1, 0.15) is 35.4 Å². The number of ether oxygens (including phenoxy) is 1. The molecule has 4 nitrogen and oxygen atoms in total. The number of fused-ring (bicyclic) bond motifs is 1. The summed E-state index contributed by atoms with van der Waals surface area (Å²) in [5.41, 5.74) is 2.26. The van der Waals surface area contributed by atoms with E-state index in [1.54, 1.807) is 7.11 Å². The van der Waals surface area contributed by atoms with E-state index in [1.807, 2.05) is 60.7 Å². The van der Waals surface area contributed by atoms with E-state index in [0.29, 0.717) is 12.2 Å². The number of aliphatic imine (C=N–C) groups is 1. The number of halogens is 1. The van der Waals surface area contributed by atoms with Gasteiger partial charge in [-0.05, 0) is 79.3 Å². The van der Waals surface area contributed by atoms with Crippen LogP contribution in [0, 0.1) is 0 Å². The molecule has 5 heteroatoms. The van der Waals surface area contributed by atoms with E-state index in [0.717, 1.165) is 50.6 Å². The maximum Gasteiger partial charge on any atom is 0.107 e. The van der Waals surface area contributed by atoms with Crippen molar-refractivity contribution in [1.82, 2.24) is 4.90 Å². The van der Waals surface area contributed by atoms with E-state index in [2.05, 4.69) is 76.0 Å². The van der Waals surface area contributed by atoms with Crippen molar-refractivity contribution in [2.45, 2.75) is 30.4 Å². The molecule has 0 amide bonds. The van der Waals surface area contributed by atoms with Crippen molar-refractivity contribution in [1.29, 1.82) is 0 Å². The molecule has 1 aliphatic heterocycles. The highest BCUT2D eigenvalue weighted by molar-refractivity contribution is 9.10. The average Bonchev–Trinajstić information content (AvgIpc) is 2.95. The Hall–Kier alpha value is -3.25. The highest BCUT2D eigenvalue weighted by Crippen LogP contribution is 2.49. The van der Waals surface area contributed by atoms with Crippen LogP contribution in [0.4, 0.5) is 5.69 Å². The quantitative estimate of drug-likeness (QED) is 0.166. The van der Waals surface area contributed by atoms with Crippen molar-refractivity contribution >= 4 is 45.2 Å². The zero-order chi connectivity index (χ0) is 26.7. The van der Waals surface area contributed by atoms with E-state index >= 15 is 0 Å². The molecule has 4 aromatic carbocycles. The highest BCUT2D eigenvalue weighted by atomic mass is 79.9. The van der Waals surface area contributed by atoms with E-state index in [4.69, 9.17) is 4.74 Å². The number of nitrogens with zero attached hydrogens (tertiary/aromatic N) is 2. The summed E-state index contributed by atoms with van der Waals surface area (Å²) in [5.74, 6) is 0.196. The minimum absolute atomic E-state index is 0.263. The molecule has 0 spiro atoms. The van der Waals surface area contributed by atoms with Gasteiger partial charge < -0.3 is 14.7 Å². The molecule has 1 fully saturated rings. The molecule has 1 saturated heterocycles. The van der Waals surface area contributed by atoms with Crippen molar-refractivity contribution in [2.24, 2.45) is 4.99 Å². The Morgan fingerprint density at radius 2 is 1.84 bits per heavy atom. The Morgan fingerprint density at radius 1 is 1.11 bits per heavy atom. The molecule has 1 aliphatic rings. The molecule has 38 heavy (non-hydrogen) atoms. The van der Waals surface area contributed by atoms with Crippen molar-refractivity contribution in [3.8, 4) is 0 Å². The molecule has 0 aromatic heterocycles. The third kappa shape index (κ3) is 5.06. The number of hydrogen-bond donors (Lipinski definition) is 1. The minimum Gasteiger partial charge on any atom is -0.500 e. The van der Waals surface area contributed by atoms with Crippen LogP contribution in [0.2, 0.25) is 0 Å². The van der Waals surface area contributed by atoms with E-state index < -0.39 is 11.5 Å². The SMILES string of the molecule is C=Nc1ccc(Br)cc1/C=C(\OC)C(c1ccccc1)C(O)(CC1CCN1C)c1cccc2ccccc12. The van der Waals surface area contributed by atoms with Gasteiger partial charge >= 0.3 is 0 Å². The Labute approximate surface area is 233 Å². The van der Waals surface area contributed by atoms with Crippen LogP contribution in [-0.4, -0.2) is 43.5 Å². The maximum absolute atomic E-state index is 13.1. The van der Waals surface area contributed by atoms with Gasteiger partial charge in [-0.3, -0.25) is 4.99 Å². The number of hydrogen-bond acceptors (Lipinski definition) is 4. The van der Waals surface area contributed by atoms with Gasteiger partial charge in [-0.25, -0.2) is 0 Å². The minimum atomic E-state index is -1.25. The highest BCUT2D eigenvalue weighted by Gasteiger charge is 2.46. The normalized spacial score (nSPS) is 18.4. The van der Waals surface area contributed by atoms with Crippen LogP contribution in [0.5, 0.6) is 0 Å². The topological polar surface area (TPSA) is 45.1 Å².